The van der Waals surface area contributed by atoms with Crippen molar-refractivity contribution < 1.29 is 13.7 Å². The zero-order valence-corrected chi connectivity index (χ0v) is 22.5. The molecule has 1 N–H and O–H groups in total. The smallest absolute Gasteiger partial charge is 0.455 e. The third-order valence-electron chi connectivity index (χ3n) is 7.62. The molecule has 1 atom stereocenters. The first-order valence-corrected chi connectivity index (χ1v) is 12.7. The normalized spacial score (nSPS) is 17.2. The third-order valence-corrected chi connectivity index (χ3v) is 7.62. The van der Waals surface area contributed by atoms with Crippen molar-refractivity contribution in [1.29, 1.82) is 0 Å². The summed E-state index contributed by atoms with van der Waals surface area (Å²) in [5.41, 5.74) is 4.75. The summed E-state index contributed by atoms with van der Waals surface area (Å²) in [7, 11) is -0.493. The van der Waals surface area contributed by atoms with Crippen molar-refractivity contribution in [2.75, 3.05) is 5.32 Å². The van der Waals surface area contributed by atoms with E-state index in [1.54, 1.807) is 19.3 Å². The van der Waals surface area contributed by atoms with Gasteiger partial charge in [0.2, 0.25) is 0 Å². The monoisotopic (exact) mass is 496 g/mol. The molecular weight excluding hydrogens is 463 g/mol. The van der Waals surface area contributed by atoms with E-state index in [-0.39, 0.29) is 11.5 Å². The maximum Gasteiger partial charge on any atom is 0.496 e. The Balaban J connectivity index is 1.57. The van der Waals surface area contributed by atoms with Crippen molar-refractivity contribution in [2.24, 2.45) is 0 Å². The van der Waals surface area contributed by atoms with Gasteiger partial charge < -0.3 is 19.0 Å². The van der Waals surface area contributed by atoms with Crippen molar-refractivity contribution >= 4 is 29.2 Å². The lowest BCUT2D eigenvalue weighted by molar-refractivity contribution is 0.00578. The van der Waals surface area contributed by atoms with Crippen LogP contribution in [0.2, 0.25) is 0 Å². The van der Waals surface area contributed by atoms with Gasteiger partial charge in [-0.2, -0.15) is 0 Å². The van der Waals surface area contributed by atoms with Gasteiger partial charge in [-0.25, -0.2) is 0 Å². The topological polar surface area (TPSA) is 73.6 Å². The quantitative estimate of drug-likeness (QED) is 0.345. The molecule has 3 heterocycles. The van der Waals surface area contributed by atoms with Crippen LogP contribution in [0.3, 0.4) is 0 Å². The number of hydrogen-bond donors (Lipinski definition) is 1. The van der Waals surface area contributed by atoms with Crippen LogP contribution in [0.5, 0.6) is 0 Å². The molecule has 6 nitrogen and oxygen atoms in total. The molecule has 0 aliphatic carbocycles. The molecular formula is C30H33BN2O4. The zero-order chi connectivity index (χ0) is 26.5. The number of pyridine rings is 1. The number of hydrogen-bond acceptors (Lipinski definition) is 6. The van der Waals surface area contributed by atoms with Crippen LogP contribution < -0.4 is 16.2 Å². The highest BCUT2D eigenvalue weighted by Gasteiger charge is 2.52. The molecule has 7 heteroatoms. The number of nitrogens with one attached hydrogen (secondary N) is 1. The summed E-state index contributed by atoms with van der Waals surface area (Å²) in [6, 6.07) is 15.6. The molecule has 5 rings (SSSR count). The summed E-state index contributed by atoms with van der Waals surface area (Å²) in [5.74, 6) is 0.542. The van der Waals surface area contributed by atoms with Crippen LogP contribution in [0.25, 0.3) is 22.3 Å². The average molecular weight is 496 g/mol. The predicted molar refractivity (Wildman–Crippen MR) is 149 cm³/mol. The Labute approximate surface area is 218 Å². The molecule has 2 aromatic heterocycles. The minimum atomic E-state index is -0.493. The Bertz CT molecular complexity index is 1510. The second kappa shape index (κ2) is 9.16. The summed E-state index contributed by atoms with van der Waals surface area (Å²) in [5, 5.41) is 4.21. The van der Waals surface area contributed by atoms with Crippen molar-refractivity contribution in [3.05, 3.63) is 87.8 Å². The van der Waals surface area contributed by atoms with Gasteiger partial charge in [-0.3, -0.25) is 9.78 Å². The summed E-state index contributed by atoms with van der Waals surface area (Å²) in [4.78, 5) is 17.6. The fraction of sp³-hybridized carbons (Fsp3) is 0.333. The molecule has 0 unspecified atom stereocenters. The lowest BCUT2D eigenvalue weighted by Crippen LogP contribution is -2.41. The van der Waals surface area contributed by atoms with E-state index in [9.17, 15) is 4.79 Å². The van der Waals surface area contributed by atoms with Gasteiger partial charge in [-0.1, -0.05) is 24.3 Å². The summed E-state index contributed by atoms with van der Waals surface area (Å²) in [6.45, 7) is 14.1. The number of nitrogens with zero attached hydrogens (tertiary/aromatic N) is 1. The molecule has 2 aromatic carbocycles. The third kappa shape index (κ3) is 4.47. The van der Waals surface area contributed by atoms with E-state index in [4.69, 9.17) is 13.7 Å². The van der Waals surface area contributed by atoms with Crippen LogP contribution >= 0.6 is 0 Å². The van der Waals surface area contributed by atoms with Gasteiger partial charge in [-0.15, -0.1) is 0 Å². The minimum Gasteiger partial charge on any atom is -0.455 e. The van der Waals surface area contributed by atoms with Gasteiger partial charge in [0.15, 0.2) is 5.43 Å². The van der Waals surface area contributed by atoms with Gasteiger partial charge >= 0.3 is 7.12 Å². The number of fused-ring (bicyclic) bond motifs is 1. The van der Waals surface area contributed by atoms with E-state index in [1.165, 1.54) is 0 Å². The molecule has 0 radical (unpaired) electrons. The largest absolute Gasteiger partial charge is 0.496 e. The minimum absolute atomic E-state index is 0.0325. The van der Waals surface area contributed by atoms with Gasteiger partial charge in [0.25, 0.3) is 0 Å². The number of aryl methyl sites for hydroxylation is 1. The Morgan fingerprint density at radius 1 is 0.973 bits per heavy atom. The number of anilines is 1. The molecule has 0 spiro atoms. The van der Waals surface area contributed by atoms with E-state index in [0.29, 0.717) is 22.3 Å². The fourth-order valence-electron chi connectivity index (χ4n) is 4.78. The fourth-order valence-corrected chi connectivity index (χ4v) is 4.78. The van der Waals surface area contributed by atoms with E-state index < -0.39 is 18.3 Å². The Kier molecular flexibility index (Phi) is 6.25. The lowest BCUT2D eigenvalue weighted by atomic mass is 9.77. The van der Waals surface area contributed by atoms with Gasteiger partial charge in [0.1, 0.15) is 11.3 Å². The molecule has 0 saturated carbocycles. The van der Waals surface area contributed by atoms with Crippen LogP contribution in [-0.4, -0.2) is 23.3 Å². The van der Waals surface area contributed by atoms with E-state index in [1.807, 2.05) is 77.1 Å². The maximum atomic E-state index is 13.4. The SMILES string of the molecule is Cc1cc([C@@H](C)Nc2ccccc2B2OC(C)(C)C(C)(C)O2)c2oc(-c3cccnc3)c(C)c(=O)c2c1. The van der Waals surface area contributed by atoms with Gasteiger partial charge in [0, 0.05) is 40.2 Å². The number of benzene rings is 2. The van der Waals surface area contributed by atoms with Crippen molar-refractivity contribution in [2.45, 2.75) is 65.7 Å². The highest BCUT2D eigenvalue weighted by atomic mass is 16.7. The van der Waals surface area contributed by atoms with Crippen LogP contribution in [0.4, 0.5) is 5.69 Å². The standard InChI is InChI=1S/C30H33BN2O4/c1-18-15-22(28-23(16-18)26(34)19(2)27(35-28)21-11-10-14-32-17-21)20(3)33-25-13-9-8-12-24(25)31-36-29(4,5)30(6,7)37-31/h8-17,20,33H,1-7H3/t20-/m1/s1. The first-order valence-electron chi connectivity index (χ1n) is 12.7. The Morgan fingerprint density at radius 2 is 1.68 bits per heavy atom. The molecule has 1 fully saturated rings. The summed E-state index contributed by atoms with van der Waals surface area (Å²) in [6.07, 6.45) is 3.42. The Morgan fingerprint density at radius 3 is 2.35 bits per heavy atom. The molecule has 1 saturated heterocycles. The molecule has 37 heavy (non-hydrogen) atoms. The second-order valence-electron chi connectivity index (χ2n) is 10.9. The lowest BCUT2D eigenvalue weighted by Gasteiger charge is -2.32. The maximum absolute atomic E-state index is 13.4. The van der Waals surface area contributed by atoms with Crippen molar-refractivity contribution in [3.8, 4) is 11.3 Å². The molecule has 190 valence electrons. The molecule has 4 aromatic rings. The van der Waals surface area contributed by atoms with Crippen LogP contribution in [-0.2, 0) is 9.31 Å². The first-order chi connectivity index (χ1) is 17.5. The van der Waals surface area contributed by atoms with Gasteiger partial charge in [0.05, 0.1) is 22.6 Å². The predicted octanol–water partition coefficient (Wildman–Crippen LogP) is 5.94. The second-order valence-corrected chi connectivity index (χ2v) is 10.9. The van der Waals surface area contributed by atoms with Crippen LogP contribution in [0, 0.1) is 13.8 Å². The van der Waals surface area contributed by atoms with E-state index >= 15 is 0 Å². The van der Waals surface area contributed by atoms with E-state index in [2.05, 4.69) is 23.3 Å². The van der Waals surface area contributed by atoms with Crippen molar-refractivity contribution in [1.82, 2.24) is 4.98 Å². The van der Waals surface area contributed by atoms with Gasteiger partial charge in [-0.05, 0) is 78.3 Å². The highest BCUT2D eigenvalue weighted by Crippen LogP contribution is 2.37. The van der Waals surface area contributed by atoms with Crippen LogP contribution in [0.1, 0.15) is 57.4 Å². The summed E-state index contributed by atoms with van der Waals surface area (Å²) >= 11 is 0. The average Bonchev–Trinajstić information content (AvgIpc) is 3.08. The summed E-state index contributed by atoms with van der Waals surface area (Å²) < 4.78 is 19.1. The molecule has 0 bridgehead atoms. The van der Waals surface area contributed by atoms with Crippen LogP contribution in [0.15, 0.2) is 70.1 Å². The van der Waals surface area contributed by atoms with Crippen molar-refractivity contribution in [3.63, 3.8) is 0 Å². The number of rotatable bonds is 5. The molecule has 0 amide bonds. The molecule has 1 aliphatic heterocycles. The molecule has 1 aliphatic rings. The highest BCUT2D eigenvalue weighted by molar-refractivity contribution is 6.64. The van der Waals surface area contributed by atoms with E-state index in [0.717, 1.165) is 27.8 Å². The Hall–Kier alpha value is -3.42. The first kappa shape index (κ1) is 25.2. The number of aromatic nitrogens is 1. The number of para-hydroxylation sites is 1. The zero-order valence-electron chi connectivity index (χ0n) is 22.5.